The molecule has 1 N–H and O–H groups in total. The zero-order valence-electron chi connectivity index (χ0n) is 14.0. The van der Waals surface area contributed by atoms with Crippen LogP contribution in [0.4, 0.5) is 5.69 Å². The maximum Gasteiger partial charge on any atom is 0.260 e. The van der Waals surface area contributed by atoms with Crippen LogP contribution in [0.25, 0.3) is 0 Å². The molecule has 2 amide bonds. The molecular formula is C18H19BrN2O4. The highest BCUT2D eigenvalue weighted by Crippen LogP contribution is 2.18. The molecule has 2 aromatic rings. The Balaban J connectivity index is 1.80. The first kappa shape index (κ1) is 18.8. The Bertz CT molecular complexity index is 734. The molecule has 0 saturated heterocycles. The lowest BCUT2D eigenvalue weighted by Crippen LogP contribution is -2.37. The molecule has 2 aromatic carbocycles. The Morgan fingerprint density at radius 1 is 1.12 bits per heavy atom. The molecule has 0 radical (unpaired) electrons. The zero-order valence-corrected chi connectivity index (χ0v) is 15.6. The largest absolute Gasteiger partial charge is 0.497 e. The van der Waals surface area contributed by atoms with Crippen LogP contribution in [0.2, 0.25) is 0 Å². The normalized spacial score (nSPS) is 10.0. The van der Waals surface area contributed by atoms with Crippen LogP contribution in [0.15, 0.2) is 53.0 Å². The van der Waals surface area contributed by atoms with Crippen LogP contribution in [0.1, 0.15) is 0 Å². The van der Waals surface area contributed by atoms with Gasteiger partial charge in [0.2, 0.25) is 5.91 Å². The van der Waals surface area contributed by atoms with E-state index >= 15 is 0 Å². The van der Waals surface area contributed by atoms with Crippen molar-refractivity contribution in [1.29, 1.82) is 0 Å². The van der Waals surface area contributed by atoms with Gasteiger partial charge in [0.25, 0.3) is 5.91 Å². The van der Waals surface area contributed by atoms with Crippen LogP contribution < -0.4 is 14.8 Å². The highest BCUT2D eigenvalue weighted by atomic mass is 79.9. The maximum atomic E-state index is 12.1. The van der Waals surface area contributed by atoms with E-state index in [1.165, 1.54) is 4.90 Å². The van der Waals surface area contributed by atoms with Gasteiger partial charge in [-0.1, -0.05) is 22.0 Å². The number of halogens is 1. The number of benzene rings is 2. The summed E-state index contributed by atoms with van der Waals surface area (Å²) < 4.78 is 11.4. The first-order chi connectivity index (χ1) is 12.0. The van der Waals surface area contributed by atoms with Crippen LogP contribution in [0, 0.1) is 0 Å². The minimum atomic E-state index is -0.288. The minimum absolute atomic E-state index is 0.0628. The van der Waals surface area contributed by atoms with Crippen molar-refractivity contribution in [2.75, 3.05) is 32.6 Å². The molecule has 0 aliphatic carbocycles. The van der Waals surface area contributed by atoms with Crippen LogP contribution in [0.5, 0.6) is 11.5 Å². The summed E-state index contributed by atoms with van der Waals surface area (Å²) in [7, 11) is 3.13. The number of carbonyl (C=O) groups excluding carboxylic acids is 2. The highest BCUT2D eigenvalue weighted by molar-refractivity contribution is 9.10. The molecule has 0 aliphatic heterocycles. The van der Waals surface area contributed by atoms with Crippen molar-refractivity contribution in [2.24, 2.45) is 0 Å². The van der Waals surface area contributed by atoms with Gasteiger partial charge in [0, 0.05) is 17.2 Å². The van der Waals surface area contributed by atoms with E-state index in [-0.39, 0.29) is 25.0 Å². The van der Waals surface area contributed by atoms with E-state index in [9.17, 15) is 9.59 Å². The molecule has 0 spiro atoms. The van der Waals surface area contributed by atoms with Gasteiger partial charge in [0.05, 0.1) is 13.7 Å². The monoisotopic (exact) mass is 406 g/mol. The van der Waals surface area contributed by atoms with Crippen molar-refractivity contribution in [3.63, 3.8) is 0 Å². The average molecular weight is 407 g/mol. The highest BCUT2D eigenvalue weighted by Gasteiger charge is 2.14. The maximum absolute atomic E-state index is 12.1. The molecule has 7 heteroatoms. The Labute approximate surface area is 154 Å². The first-order valence-corrected chi connectivity index (χ1v) is 8.33. The molecule has 0 unspecified atom stereocenters. The zero-order chi connectivity index (χ0) is 18.2. The van der Waals surface area contributed by atoms with Gasteiger partial charge in [-0.3, -0.25) is 9.59 Å². The van der Waals surface area contributed by atoms with Crippen LogP contribution in [0.3, 0.4) is 0 Å². The van der Waals surface area contributed by atoms with Crippen LogP contribution >= 0.6 is 15.9 Å². The minimum Gasteiger partial charge on any atom is -0.497 e. The number of carbonyl (C=O) groups is 2. The van der Waals surface area contributed by atoms with Gasteiger partial charge in [0.15, 0.2) is 6.61 Å². The molecule has 132 valence electrons. The van der Waals surface area contributed by atoms with E-state index in [4.69, 9.17) is 9.47 Å². The number of anilines is 1. The van der Waals surface area contributed by atoms with Gasteiger partial charge in [-0.05, 0) is 42.5 Å². The van der Waals surface area contributed by atoms with E-state index in [0.29, 0.717) is 17.2 Å². The first-order valence-electron chi connectivity index (χ1n) is 7.54. The second-order valence-corrected chi connectivity index (χ2v) is 6.19. The summed E-state index contributed by atoms with van der Waals surface area (Å²) in [6.45, 7) is -0.199. The Morgan fingerprint density at radius 2 is 1.84 bits per heavy atom. The number of methoxy groups -OCH3 is 1. The van der Waals surface area contributed by atoms with E-state index in [1.807, 2.05) is 12.1 Å². The van der Waals surface area contributed by atoms with Gasteiger partial charge >= 0.3 is 0 Å². The number of nitrogens with zero attached hydrogens (tertiary/aromatic N) is 1. The lowest BCUT2D eigenvalue weighted by Gasteiger charge is -2.17. The fourth-order valence-electron chi connectivity index (χ4n) is 1.99. The predicted molar refractivity (Wildman–Crippen MR) is 98.9 cm³/mol. The number of ether oxygens (including phenoxy) is 2. The smallest absolute Gasteiger partial charge is 0.260 e. The topological polar surface area (TPSA) is 67.9 Å². The third kappa shape index (κ3) is 6.11. The van der Waals surface area contributed by atoms with Gasteiger partial charge in [-0.25, -0.2) is 0 Å². The van der Waals surface area contributed by atoms with E-state index < -0.39 is 0 Å². The molecule has 0 bridgehead atoms. The molecule has 25 heavy (non-hydrogen) atoms. The second kappa shape index (κ2) is 9.08. The molecular weight excluding hydrogens is 388 g/mol. The van der Waals surface area contributed by atoms with Crippen molar-refractivity contribution < 1.29 is 19.1 Å². The standard InChI is InChI=1S/C18H19BrN2O4/c1-21(18(23)12-25-16-5-3-4-13(19)10-16)11-17(22)20-14-6-8-15(24-2)9-7-14/h3-10H,11-12H2,1-2H3,(H,20,22). The molecule has 0 aliphatic rings. The van der Waals surface area contributed by atoms with Crippen molar-refractivity contribution in [2.45, 2.75) is 0 Å². The fourth-order valence-corrected chi connectivity index (χ4v) is 2.37. The molecule has 0 aromatic heterocycles. The summed E-state index contributed by atoms with van der Waals surface area (Å²) >= 11 is 3.34. The number of rotatable bonds is 7. The summed E-state index contributed by atoms with van der Waals surface area (Å²) in [6, 6.07) is 14.2. The number of likely N-dealkylation sites (N-methyl/N-ethyl adjacent to an activating group) is 1. The Hall–Kier alpha value is -2.54. The average Bonchev–Trinajstić information content (AvgIpc) is 2.60. The Morgan fingerprint density at radius 3 is 2.48 bits per heavy atom. The summed E-state index contributed by atoms with van der Waals surface area (Å²) in [5.41, 5.74) is 0.636. The van der Waals surface area contributed by atoms with Gasteiger partial charge < -0.3 is 19.7 Å². The van der Waals surface area contributed by atoms with E-state index in [0.717, 1.165) is 4.47 Å². The SMILES string of the molecule is COc1ccc(NC(=O)CN(C)C(=O)COc2cccc(Br)c2)cc1. The van der Waals surface area contributed by atoms with Crippen molar-refractivity contribution >= 4 is 33.4 Å². The molecule has 0 atom stereocenters. The van der Waals surface area contributed by atoms with Gasteiger partial charge in [0.1, 0.15) is 11.5 Å². The predicted octanol–water partition coefficient (Wildman–Crippen LogP) is 2.93. The third-order valence-electron chi connectivity index (χ3n) is 3.34. The Kier molecular flexibility index (Phi) is 6.82. The lowest BCUT2D eigenvalue weighted by atomic mass is 10.3. The van der Waals surface area contributed by atoms with Crippen molar-refractivity contribution in [3.8, 4) is 11.5 Å². The third-order valence-corrected chi connectivity index (χ3v) is 3.83. The van der Waals surface area contributed by atoms with Crippen molar-refractivity contribution in [1.82, 2.24) is 4.90 Å². The lowest BCUT2D eigenvalue weighted by molar-refractivity contribution is -0.135. The molecule has 0 heterocycles. The summed E-state index contributed by atoms with van der Waals surface area (Å²) in [5.74, 6) is 0.710. The summed E-state index contributed by atoms with van der Waals surface area (Å²) in [6.07, 6.45) is 0. The van der Waals surface area contributed by atoms with Gasteiger partial charge in [-0.2, -0.15) is 0 Å². The fraction of sp³-hybridized carbons (Fsp3) is 0.222. The number of nitrogens with one attached hydrogen (secondary N) is 1. The van der Waals surface area contributed by atoms with E-state index in [2.05, 4.69) is 21.2 Å². The van der Waals surface area contributed by atoms with Crippen LogP contribution in [-0.2, 0) is 9.59 Å². The molecule has 0 fully saturated rings. The number of hydrogen-bond acceptors (Lipinski definition) is 4. The summed E-state index contributed by atoms with van der Waals surface area (Å²) in [5, 5.41) is 2.72. The van der Waals surface area contributed by atoms with Crippen LogP contribution in [-0.4, -0.2) is 44.0 Å². The van der Waals surface area contributed by atoms with Gasteiger partial charge in [-0.15, -0.1) is 0 Å². The number of amides is 2. The van der Waals surface area contributed by atoms with E-state index in [1.54, 1.807) is 50.6 Å². The van der Waals surface area contributed by atoms with Crippen molar-refractivity contribution in [3.05, 3.63) is 53.0 Å². The second-order valence-electron chi connectivity index (χ2n) is 5.27. The quantitative estimate of drug-likeness (QED) is 0.767. The molecule has 6 nitrogen and oxygen atoms in total. The number of hydrogen-bond donors (Lipinski definition) is 1. The molecule has 0 saturated carbocycles. The molecule has 2 rings (SSSR count). The summed E-state index contributed by atoms with van der Waals surface area (Å²) in [4.78, 5) is 25.4.